The first-order valence-corrected chi connectivity index (χ1v) is 4.37. The van der Waals surface area contributed by atoms with Crippen LogP contribution in [0.15, 0.2) is 0 Å². The van der Waals surface area contributed by atoms with Crippen LogP contribution in [-0.2, 0) is 4.74 Å². The highest BCUT2D eigenvalue weighted by molar-refractivity contribution is 4.82. The third kappa shape index (κ3) is 2.42. The lowest BCUT2D eigenvalue weighted by Gasteiger charge is -2.21. The molecule has 0 spiro atoms. The van der Waals surface area contributed by atoms with Crippen molar-refractivity contribution in [3.63, 3.8) is 0 Å². The molecule has 0 aromatic carbocycles. The van der Waals surface area contributed by atoms with Gasteiger partial charge in [0.25, 0.3) is 0 Å². The maximum atomic E-state index is 8.81. The minimum atomic E-state index is -0.209. The smallest absolute Gasteiger partial charge is 0.0700 e. The molecule has 12 heavy (non-hydrogen) atoms. The average molecular weight is 175 g/mol. The third-order valence-corrected chi connectivity index (χ3v) is 2.27. The Balaban J connectivity index is 2.28. The highest BCUT2D eigenvalue weighted by Gasteiger charge is 2.25. The molecule has 0 amide bonds. The Hall–Kier alpha value is -0.160. The van der Waals surface area contributed by atoms with Crippen molar-refractivity contribution in [2.45, 2.75) is 31.5 Å². The molecule has 1 heterocycles. The van der Waals surface area contributed by atoms with Crippen LogP contribution in [-0.4, -0.2) is 48.2 Å². The molecule has 2 atom stereocenters. The number of nitrogens with one attached hydrogen (secondary N) is 1. The van der Waals surface area contributed by atoms with Crippen LogP contribution in [0.1, 0.15) is 13.3 Å². The summed E-state index contributed by atoms with van der Waals surface area (Å²) in [6, 6.07) is 0.0634. The second kappa shape index (κ2) is 4.77. The third-order valence-electron chi connectivity index (χ3n) is 2.27. The Bertz CT molecular complexity index is 127. The molecule has 1 saturated heterocycles. The normalized spacial score (nSPS) is 30.0. The van der Waals surface area contributed by atoms with Gasteiger partial charge >= 0.3 is 0 Å². The average Bonchev–Trinajstić information content (AvgIpc) is 2.47. The predicted octanol–water partition coefficient (Wildman–Crippen LogP) is -0.893. The van der Waals surface area contributed by atoms with E-state index in [4.69, 9.17) is 14.9 Å². The van der Waals surface area contributed by atoms with Gasteiger partial charge in [-0.3, -0.25) is 0 Å². The molecule has 4 nitrogen and oxygen atoms in total. The van der Waals surface area contributed by atoms with Gasteiger partial charge in [-0.1, -0.05) is 0 Å². The fraction of sp³-hybridized carbons (Fsp3) is 1.00. The summed E-state index contributed by atoms with van der Waals surface area (Å²) in [5.74, 6) is 0. The summed E-state index contributed by atoms with van der Waals surface area (Å²) in [5.41, 5.74) is 0. The Morgan fingerprint density at radius 2 is 2.17 bits per heavy atom. The topological polar surface area (TPSA) is 61.7 Å². The lowest BCUT2D eigenvalue weighted by molar-refractivity contribution is 0.100. The number of aliphatic hydroxyl groups is 2. The zero-order valence-corrected chi connectivity index (χ0v) is 7.36. The second-order valence-electron chi connectivity index (χ2n) is 3.20. The molecule has 1 aliphatic heterocycles. The molecule has 1 fully saturated rings. The van der Waals surface area contributed by atoms with Crippen LogP contribution in [0.2, 0.25) is 0 Å². The quantitative estimate of drug-likeness (QED) is 0.518. The van der Waals surface area contributed by atoms with E-state index < -0.39 is 0 Å². The zero-order chi connectivity index (χ0) is 8.97. The van der Waals surface area contributed by atoms with Crippen LogP contribution >= 0.6 is 0 Å². The van der Waals surface area contributed by atoms with Crippen LogP contribution in [0.5, 0.6) is 0 Å². The van der Waals surface area contributed by atoms with Crippen LogP contribution in [0.4, 0.5) is 0 Å². The molecule has 0 aromatic rings. The van der Waals surface area contributed by atoms with Gasteiger partial charge in [0.1, 0.15) is 0 Å². The van der Waals surface area contributed by atoms with E-state index in [1.165, 1.54) is 0 Å². The van der Waals surface area contributed by atoms with Gasteiger partial charge in [-0.2, -0.15) is 0 Å². The van der Waals surface area contributed by atoms with Gasteiger partial charge in [0, 0.05) is 12.6 Å². The molecule has 4 heteroatoms. The lowest BCUT2D eigenvalue weighted by atomic mass is 10.1. The van der Waals surface area contributed by atoms with Gasteiger partial charge in [-0.15, -0.1) is 0 Å². The number of rotatable bonds is 4. The van der Waals surface area contributed by atoms with E-state index in [1.54, 1.807) is 0 Å². The first kappa shape index (κ1) is 9.92. The standard InChI is InChI=1S/C8H17NO3/c1-6-8(2-3-12-6)9-7(4-10)5-11/h6-11H,2-5H2,1H3/t6-,8-/m0/s1. The van der Waals surface area contributed by atoms with Gasteiger partial charge in [0.2, 0.25) is 0 Å². The second-order valence-corrected chi connectivity index (χ2v) is 3.20. The fourth-order valence-electron chi connectivity index (χ4n) is 1.42. The summed E-state index contributed by atoms with van der Waals surface area (Å²) in [6.45, 7) is 2.71. The minimum absolute atomic E-state index is 0.0281. The molecule has 0 aliphatic carbocycles. The van der Waals surface area contributed by atoms with Crippen molar-refractivity contribution in [1.82, 2.24) is 5.32 Å². The highest BCUT2D eigenvalue weighted by atomic mass is 16.5. The van der Waals surface area contributed by atoms with E-state index in [0.717, 1.165) is 13.0 Å². The Morgan fingerprint density at radius 1 is 1.50 bits per heavy atom. The molecule has 0 radical (unpaired) electrons. The predicted molar refractivity (Wildman–Crippen MR) is 44.9 cm³/mol. The van der Waals surface area contributed by atoms with Crippen molar-refractivity contribution in [2.75, 3.05) is 19.8 Å². The van der Waals surface area contributed by atoms with E-state index in [0.29, 0.717) is 0 Å². The maximum absolute atomic E-state index is 8.81. The monoisotopic (exact) mass is 175 g/mol. The number of hydrogen-bond donors (Lipinski definition) is 3. The van der Waals surface area contributed by atoms with E-state index in [-0.39, 0.29) is 31.4 Å². The molecule has 0 bridgehead atoms. The van der Waals surface area contributed by atoms with Crippen molar-refractivity contribution in [1.29, 1.82) is 0 Å². The molecule has 3 N–H and O–H groups in total. The van der Waals surface area contributed by atoms with E-state index in [2.05, 4.69) is 5.32 Å². The Morgan fingerprint density at radius 3 is 2.58 bits per heavy atom. The Labute approximate surface area is 72.5 Å². The number of hydrogen-bond acceptors (Lipinski definition) is 4. The molecule has 1 rings (SSSR count). The molecular weight excluding hydrogens is 158 g/mol. The SMILES string of the molecule is C[C@@H]1OCC[C@@H]1NC(CO)CO. The largest absolute Gasteiger partial charge is 0.395 e. The van der Waals surface area contributed by atoms with Crippen molar-refractivity contribution < 1.29 is 14.9 Å². The van der Waals surface area contributed by atoms with Gasteiger partial charge in [-0.05, 0) is 13.3 Å². The summed E-state index contributed by atoms with van der Waals surface area (Å²) in [7, 11) is 0. The van der Waals surface area contributed by atoms with Gasteiger partial charge in [-0.25, -0.2) is 0 Å². The summed E-state index contributed by atoms with van der Waals surface area (Å²) < 4.78 is 5.33. The summed E-state index contributed by atoms with van der Waals surface area (Å²) in [5, 5.41) is 20.8. The van der Waals surface area contributed by atoms with E-state index in [1.807, 2.05) is 6.92 Å². The number of ether oxygens (including phenoxy) is 1. The van der Waals surface area contributed by atoms with Crippen LogP contribution in [0.3, 0.4) is 0 Å². The van der Waals surface area contributed by atoms with E-state index in [9.17, 15) is 0 Å². The summed E-state index contributed by atoms with van der Waals surface area (Å²) in [4.78, 5) is 0. The summed E-state index contributed by atoms with van der Waals surface area (Å²) >= 11 is 0. The lowest BCUT2D eigenvalue weighted by Crippen LogP contribution is -2.45. The van der Waals surface area contributed by atoms with Crippen molar-refractivity contribution in [3.8, 4) is 0 Å². The maximum Gasteiger partial charge on any atom is 0.0700 e. The zero-order valence-electron chi connectivity index (χ0n) is 7.36. The van der Waals surface area contributed by atoms with Crippen LogP contribution in [0.25, 0.3) is 0 Å². The van der Waals surface area contributed by atoms with Crippen molar-refractivity contribution in [2.24, 2.45) is 0 Å². The summed E-state index contributed by atoms with van der Waals surface area (Å²) in [6.07, 6.45) is 1.14. The first-order valence-electron chi connectivity index (χ1n) is 4.37. The molecular formula is C8H17NO3. The fourth-order valence-corrected chi connectivity index (χ4v) is 1.42. The molecule has 72 valence electrons. The van der Waals surface area contributed by atoms with Crippen LogP contribution in [0, 0.1) is 0 Å². The molecule has 0 saturated carbocycles. The first-order chi connectivity index (χ1) is 5.77. The molecule has 0 unspecified atom stereocenters. The van der Waals surface area contributed by atoms with Gasteiger partial charge < -0.3 is 20.3 Å². The number of aliphatic hydroxyl groups excluding tert-OH is 2. The van der Waals surface area contributed by atoms with Gasteiger partial charge in [0.05, 0.1) is 25.4 Å². The van der Waals surface area contributed by atoms with Crippen LogP contribution < -0.4 is 5.32 Å². The van der Waals surface area contributed by atoms with Gasteiger partial charge in [0.15, 0.2) is 0 Å². The minimum Gasteiger partial charge on any atom is -0.395 e. The van der Waals surface area contributed by atoms with Crippen molar-refractivity contribution >= 4 is 0 Å². The molecule has 0 aromatic heterocycles. The highest BCUT2D eigenvalue weighted by Crippen LogP contribution is 2.12. The van der Waals surface area contributed by atoms with E-state index >= 15 is 0 Å². The van der Waals surface area contributed by atoms with Crippen molar-refractivity contribution in [3.05, 3.63) is 0 Å². The molecule has 1 aliphatic rings. The Kier molecular flexibility index (Phi) is 3.94.